The number of rotatable bonds is 6. The number of ether oxygens (including phenoxy) is 2. The molecule has 2 aromatic rings. The van der Waals surface area contributed by atoms with Gasteiger partial charge >= 0.3 is 0 Å². The number of hydrogen-bond acceptors (Lipinski definition) is 4. The zero-order valence-corrected chi connectivity index (χ0v) is 15.1. The van der Waals surface area contributed by atoms with E-state index in [0.29, 0.717) is 24.0 Å². The molecule has 0 radical (unpaired) electrons. The highest BCUT2D eigenvalue weighted by Gasteiger charge is 2.07. The topological polar surface area (TPSA) is 72.1 Å². The number of nitrogens with two attached hydrogens (primary N) is 1. The van der Waals surface area contributed by atoms with Crippen LogP contribution in [-0.4, -0.2) is 33.3 Å². The third-order valence-electron chi connectivity index (χ3n) is 4.21. The maximum atomic E-state index is 6.00. The highest BCUT2D eigenvalue weighted by atomic mass is 16.5. The van der Waals surface area contributed by atoms with E-state index < -0.39 is 0 Å². The fourth-order valence-electron chi connectivity index (χ4n) is 2.78. The zero-order valence-electron chi connectivity index (χ0n) is 15.1. The quantitative estimate of drug-likeness (QED) is 0.475. The molecule has 6 nitrogen and oxygen atoms in total. The fourth-order valence-corrected chi connectivity index (χ4v) is 2.78. The minimum atomic E-state index is 0.352. The molecular formula is C20H24N4O2. The van der Waals surface area contributed by atoms with Gasteiger partial charge in [-0.1, -0.05) is 24.3 Å². The number of nitrogens with one attached hydrogen (secondary N) is 1. The molecule has 0 unspecified atom stereocenters. The van der Waals surface area contributed by atoms with Crippen molar-refractivity contribution in [2.45, 2.75) is 6.54 Å². The van der Waals surface area contributed by atoms with Crippen LogP contribution < -0.4 is 25.4 Å². The van der Waals surface area contributed by atoms with E-state index in [4.69, 9.17) is 15.2 Å². The molecule has 0 bridgehead atoms. The molecule has 6 heteroatoms. The normalized spacial score (nSPS) is 13.8. The summed E-state index contributed by atoms with van der Waals surface area (Å²) in [4.78, 5) is 6.71. The van der Waals surface area contributed by atoms with Crippen LogP contribution in [0.2, 0.25) is 0 Å². The van der Waals surface area contributed by atoms with Gasteiger partial charge in [-0.2, -0.15) is 0 Å². The van der Waals surface area contributed by atoms with E-state index in [9.17, 15) is 0 Å². The molecular weight excluding hydrogens is 328 g/mol. The van der Waals surface area contributed by atoms with Crippen LogP contribution in [0.5, 0.6) is 11.5 Å². The summed E-state index contributed by atoms with van der Waals surface area (Å²) in [6, 6.07) is 13.9. The van der Waals surface area contributed by atoms with Crippen LogP contribution in [0, 0.1) is 0 Å². The van der Waals surface area contributed by atoms with Crippen molar-refractivity contribution in [2.24, 2.45) is 10.7 Å². The van der Waals surface area contributed by atoms with E-state index in [1.807, 2.05) is 18.2 Å². The molecule has 0 spiro atoms. The van der Waals surface area contributed by atoms with Gasteiger partial charge in [-0.05, 0) is 29.8 Å². The molecule has 0 saturated heterocycles. The van der Waals surface area contributed by atoms with Crippen molar-refractivity contribution in [1.82, 2.24) is 0 Å². The second-order valence-corrected chi connectivity index (χ2v) is 5.94. The Bertz CT molecular complexity index is 792. The second kappa shape index (κ2) is 8.29. The van der Waals surface area contributed by atoms with Crippen molar-refractivity contribution in [1.29, 1.82) is 0 Å². The van der Waals surface area contributed by atoms with Crippen molar-refractivity contribution in [2.75, 3.05) is 37.5 Å². The molecule has 1 aliphatic rings. The molecule has 2 aromatic carbocycles. The summed E-state index contributed by atoms with van der Waals surface area (Å²) in [5.41, 5.74) is 9.12. The maximum Gasteiger partial charge on any atom is 0.193 e. The van der Waals surface area contributed by atoms with Crippen LogP contribution in [0.15, 0.2) is 59.6 Å². The Morgan fingerprint density at radius 2 is 1.73 bits per heavy atom. The molecule has 3 rings (SSSR count). The van der Waals surface area contributed by atoms with Gasteiger partial charge in [0.15, 0.2) is 17.5 Å². The first-order valence-corrected chi connectivity index (χ1v) is 8.47. The third kappa shape index (κ3) is 4.27. The van der Waals surface area contributed by atoms with Crippen molar-refractivity contribution in [3.8, 4) is 11.5 Å². The van der Waals surface area contributed by atoms with Crippen molar-refractivity contribution in [3.63, 3.8) is 0 Å². The number of aliphatic imine (C=N–C) groups is 1. The lowest BCUT2D eigenvalue weighted by molar-refractivity contribution is 0.355. The molecule has 0 fully saturated rings. The number of nitrogens with zero attached hydrogens (tertiary/aromatic N) is 2. The Kier molecular flexibility index (Phi) is 5.63. The zero-order chi connectivity index (χ0) is 18.4. The van der Waals surface area contributed by atoms with E-state index in [-0.39, 0.29) is 0 Å². The molecule has 3 N–H and O–H groups in total. The fraction of sp³-hybridized carbons (Fsp3) is 0.250. The highest BCUT2D eigenvalue weighted by Crippen LogP contribution is 2.29. The Morgan fingerprint density at radius 1 is 1.04 bits per heavy atom. The van der Waals surface area contributed by atoms with E-state index in [2.05, 4.69) is 51.6 Å². The predicted octanol–water partition coefficient (Wildman–Crippen LogP) is 3.01. The van der Waals surface area contributed by atoms with Gasteiger partial charge in [0, 0.05) is 30.5 Å². The van der Waals surface area contributed by atoms with Gasteiger partial charge in [0.05, 0.1) is 20.8 Å². The van der Waals surface area contributed by atoms with E-state index in [1.54, 1.807) is 14.2 Å². The summed E-state index contributed by atoms with van der Waals surface area (Å²) in [7, 11) is 3.20. The van der Waals surface area contributed by atoms with E-state index >= 15 is 0 Å². The minimum absolute atomic E-state index is 0.352. The summed E-state index contributed by atoms with van der Waals surface area (Å²) >= 11 is 0. The molecule has 136 valence electrons. The SMILES string of the molecule is COc1ccc(NC(N)=NCc2ccc(N3CC=CC3)cc2)cc1OC. The van der Waals surface area contributed by atoms with Crippen LogP contribution in [0.3, 0.4) is 0 Å². The standard InChI is InChI=1S/C20H24N4O2/c1-25-18-10-7-16(13-19(18)26-2)23-20(21)22-14-15-5-8-17(9-6-15)24-11-3-4-12-24/h3-10,13H,11-12,14H2,1-2H3,(H3,21,22,23). The lowest BCUT2D eigenvalue weighted by Crippen LogP contribution is -2.22. The van der Waals surface area contributed by atoms with Crippen molar-refractivity contribution < 1.29 is 9.47 Å². The van der Waals surface area contributed by atoms with Crippen LogP contribution in [-0.2, 0) is 6.54 Å². The molecule has 1 heterocycles. The molecule has 0 aliphatic carbocycles. The van der Waals surface area contributed by atoms with E-state index in [0.717, 1.165) is 24.3 Å². The van der Waals surface area contributed by atoms with Gasteiger partial charge in [-0.3, -0.25) is 0 Å². The molecule has 1 aliphatic heterocycles. The summed E-state index contributed by atoms with van der Waals surface area (Å²) in [5, 5.41) is 3.07. The van der Waals surface area contributed by atoms with Gasteiger partial charge in [-0.15, -0.1) is 0 Å². The summed E-state index contributed by atoms with van der Waals surface area (Å²) < 4.78 is 10.5. The Labute approximate surface area is 153 Å². The third-order valence-corrected chi connectivity index (χ3v) is 4.21. The smallest absolute Gasteiger partial charge is 0.193 e. The molecule has 0 atom stereocenters. The second-order valence-electron chi connectivity index (χ2n) is 5.94. The van der Waals surface area contributed by atoms with Crippen LogP contribution >= 0.6 is 0 Å². The number of benzene rings is 2. The first-order valence-electron chi connectivity index (χ1n) is 8.47. The Morgan fingerprint density at radius 3 is 2.38 bits per heavy atom. The van der Waals surface area contributed by atoms with Gasteiger partial charge in [0.2, 0.25) is 0 Å². The molecule has 0 saturated carbocycles. The largest absolute Gasteiger partial charge is 0.493 e. The summed E-state index contributed by atoms with van der Waals surface area (Å²) in [5.74, 6) is 1.66. The lowest BCUT2D eigenvalue weighted by atomic mass is 10.2. The first-order chi connectivity index (χ1) is 12.7. The van der Waals surface area contributed by atoms with E-state index in [1.165, 1.54) is 5.69 Å². The molecule has 26 heavy (non-hydrogen) atoms. The average Bonchev–Trinajstić information content (AvgIpc) is 3.21. The van der Waals surface area contributed by atoms with Gasteiger partial charge in [0.25, 0.3) is 0 Å². The highest BCUT2D eigenvalue weighted by molar-refractivity contribution is 5.92. The van der Waals surface area contributed by atoms with Crippen LogP contribution in [0.1, 0.15) is 5.56 Å². The van der Waals surface area contributed by atoms with Crippen molar-refractivity contribution >= 4 is 17.3 Å². The van der Waals surface area contributed by atoms with Crippen molar-refractivity contribution in [3.05, 3.63) is 60.2 Å². The molecule has 0 amide bonds. The number of hydrogen-bond donors (Lipinski definition) is 2. The lowest BCUT2D eigenvalue weighted by Gasteiger charge is -2.17. The predicted molar refractivity (Wildman–Crippen MR) is 106 cm³/mol. The van der Waals surface area contributed by atoms with Gasteiger partial charge in [0.1, 0.15) is 0 Å². The Balaban J connectivity index is 1.59. The number of guanidine groups is 1. The summed E-state index contributed by atoms with van der Waals surface area (Å²) in [6.07, 6.45) is 4.36. The monoisotopic (exact) mass is 352 g/mol. The van der Waals surface area contributed by atoms with Crippen LogP contribution in [0.25, 0.3) is 0 Å². The maximum absolute atomic E-state index is 6.00. The number of anilines is 2. The van der Waals surface area contributed by atoms with Crippen LogP contribution in [0.4, 0.5) is 11.4 Å². The summed E-state index contributed by atoms with van der Waals surface area (Å²) in [6.45, 7) is 2.46. The minimum Gasteiger partial charge on any atom is -0.493 e. The molecule has 0 aromatic heterocycles. The Hall–Kier alpha value is -3.15. The first kappa shape index (κ1) is 17.7. The number of methoxy groups -OCH3 is 2. The van der Waals surface area contributed by atoms with Gasteiger partial charge < -0.3 is 25.4 Å². The van der Waals surface area contributed by atoms with Gasteiger partial charge in [-0.25, -0.2) is 4.99 Å². The average molecular weight is 352 g/mol.